The molecule has 0 bridgehead atoms. The lowest BCUT2D eigenvalue weighted by atomic mass is 9.90. The highest BCUT2D eigenvalue weighted by molar-refractivity contribution is 5.95. The molecule has 5 aromatic carbocycles. The fraction of sp³-hybridized carbons (Fsp3) is 0.143. The van der Waals surface area contributed by atoms with Crippen LogP contribution in [0, 0.1) is 6.92 Å². The van der Waals surface area contributed by atoms with E-state index in [1.54, 1.807) is 11.1 Å². The summed E-state index contributed by atoms with van der Waals surface area (Å²) in [6.07, 6.45) is 4.26. The third kappa shape index (κ3) is 2.24. The third-order valence-corrected chi connectivity index (χ3v) is 9.07. The lowest BCUT2D eigenvalue weighted by Crippen LogP contribution is -1.92. The molecule has 0 fully saturated rings. The Morgan fingerprint density at radius 1 is 0.400 bits per heavy atom. The van der Waals surface area contributed by atoms with Gasteiger partial charge in [-0.3, -0.25) is 0 Å². The molecule has 9 rings (SSSR count). The monoisotopic (exact) mass is 444 g/mol. The molecule has 0 amide bonds. The molecule has 0 heteroatoms. The number of benzene rings is 5. The molecule has 164 valence electrons. The summed E-state index contributed by atoms with van der Waals surface area (Å²) in [5, 5.41) is 0. The first-order valence-electron chi connectivity index (χ1n) is 12.9. The van der Waals surface area contributed by atoms with Crippen LogP contribution in [-0.4, -0.2) is 0 Å². The molecule has 0 nitrogen and oxygen atoms in total. The number of aryl methyl sites for hydroxylation is 1. The summed E-state index contributed by atoms with van der Waals surface area (Å²) in [4.78, 5) is 0. The van der Waals surface area contributed by atoms with Crippen molar-refractivity contribution in [1.29, 1.82) is 0 Å². The van der Waals surface area contributed by atoms with Gasteiger partial charge in [0.2, 0.25) is 0 Å². The third-order valence-electron chi connectivity index (χ3n) is 9.07. The Balaban J connectivity index is 1.24. The van der Waals surface area contributed by atoms with E-state index in [0.29, 0.717) is 0 Å². The fourth-order valence-electron chi connectivity index (χ4n) is 7.70. The van der Waals surface area contributed by atoms with Gasteiger partial charge in [-0.1, -0.05) is 66.7 Å². The molecule has 5 aromatic rings. The summed E-state index contributed by atoms with van der Waals surface area (Å²) in [5.74, 6) is 0. The summed E-state index contributed by atoms with van der Waals surface area (Å²) in [5.41, 5.74) is 25.4. The Morgan fingerprint density at radius 3 is 1.83 bits per heavy atom. The summed E-state index contributed by atoms with van der Waals surface area (Å²) in [7, 11) is 0. The van der Waals surface area contributed by atoms with Crippen molar-refractivity contribution >= 4 is 0 Å². The molecule has 0 saturated carbocycles. The second kappa shape index (κ2) is 6.20. The van der Waals surface area contributed by atoms with Gasteiger partial charge in [0.15, 0.2) is 0 Å². The largest absolute Gasteiger partial charge is 0.0619 e. The first-order valence-corrected chi connectivity index (χ1v) is 12.9. The van der Waals surface area contributed by atoms with E-state index in [0.717, 1.165) is 25.7 Å². The van der Waals surface area contributed by atoms with Crippen LogP contribution in [0.15, 0.2) is 78.9 Å². The van der Waals surface area contributed by atoms with E-state index in [1.165, 1.54) is 83.5 Å². The molecule has 0 aromatic heterocycles. The Hall–Kier alpha value is -3.90. The van der Waals surface area contributed by atoms with E-state index in [2.05, 4.69) is 85.8 Å². The Morgan fingerprint density at radius 2 is 1.03 bits per heavy atom. The van der Waals surface area contributed by atoms with Crippen LogP contribution in [0.1, 0.15) is 50.1 Å². The van der Waals surface area contributed by atoms with E-state index < -0.39 is 0 Å². The molecular weight excluding hydrogens is 420 g/mol. The minimum absolute atomic E-state index is 1.06. The van der Waals surface area contributed by atoms with Crippen LogP contribution in [0.25, 0.3) is 44.5 Å². The van der Waals surface area contributed by atoms with Gasteiger partial charge in [-0.05, 0) is 139 Å². The molecule has 0 spiro atoms. The van der Waals surface area contributed by atoms with Gasteiger partial charge in [-0.25, -0.2) is 0 Å². The summed E-state index contributed by atoms with van der Waals surface area (Å²) < 4.78 is 0. The smallest absolute Gasteiger partial charge is 0.000708 e. The minimum Gasteiger partial charge on any atom is -0.0619 e. The van der Waals surface area contributed by atoms with Crippen LogP contribution in [0.4, 0.5) is 0 Å². The number of fused-ring (bicyclic) bond motifs is 14. The van der Waals surface area contributed by atoms with Gasteiger partial charge in [0, 0.05) is 0 Å². The number of hydrogen-bond donors (Lipinski definition) is 0. The molecular formula is C35H24. The van der Waals surface area contributed by atoms with E-state index in [1.807, 2.05) is 0 Å². The maximum absolute atomic E-state index is 2.56. The summed E-state index contributed by atoms with van der Waals surface area (Å²) in [6, 6.07) is 30.3. The van der Waals surface area contributed by atoms with Gasteiger partial charge in [-0.15, -0.1) is 0 Å². The molecule has 0 heterocycles. The maximum atomic E-state index is 2.56. The van der Waals surface area contributed by atoms with Crippen molar-refractivity contribution < 1.29 is 0 Å². The molecule has 0 atom stereocenters. The van der Waals surface area contributed by atoms with Gasteiger partial charge < -0.3 is 0 Å². The van der Waals surface area contributed by atoms with E-state index in [4.69, 9.17) is 0 Å². The highest BCUT2D eigenvalue weighted by Gasteiger charge is 2.33. The molecule has 0 N–H and O–H groups in total. The van der Waals surface area contributed by atoms with Gasteiger partial charge in [0.05, 0.1) is 0 Å². The normalized spacial score (nSPS) is 14.5. The van der Waals surface area contributed by atoms with Gasteiger partial charge >= 0.3 is 0 Å². The Labute approximate surface area is 205 Å². The van der Waals surface area contributed by atoms with Crippen molar-refractivity contribution in [2.75, 3.05) is 0 Å². The van der Waals surface area contributed by atoms with Crippen molar-refractivity contribution in [1.82, 2.24) is 0 Å². The van der Waals surface area contributed by atoms with E-state index in [9.17, 15) is 0 Å². The van der Waals surface area contributed by atoms with Crippen LogP contribution < -0.4 is 0 Å². The van der Waals surface area contributed by atoms with Crippen molar-refractivity contribution in [2.45, 2.75) is 32.6 Å². The first kappa shape index (κ1) is 18.4. The van der Waals surface area contributed by atoms with Gasteiger partial charge in [-0.2, -0.15) is 0 Å². The highest BCUT2D eigenvalue weighted by atomic mass is 14.4. The van der Waals surface area contributed by atoms with Crippen LogP contribution in [0.2, 0.25) is 0 Å². The topological polar surface area (TPSA) is 0 Å². The molecule has 0 unspecified atom stereocenters. The Bertz CT molecular complexity index is 1800. The standard InChI is InChI=1S/C35H24/c1-19-12-25-14-24-18-29-23(17-30(24)35(25)32-16-21-7-3-5-9-27(21)33(19)32)13-22-10-11-28-26-8-4-2-6-20(26)15-31(28)34(22)29/h2-12,17-18H,13-16H2,1H3. The lowest BCUT2D eigenvalue weighted by Gasteiger charge is -2.13. The van der Waals surface area contributed by atoms with Crippen molar-refractivity contribution in [3.05, 3.63) is 129 Å². The fourth-order valence-corrected chi connectivity index (χ4v) is 7.70. The molecule has 4 aliphatic rings. The zero-order valence-electron chi connectivity index (χ0n) is 19.8. The zero-order chi connectivity index (χ0) is 22.8. The first-order chi connectivity index (χ1) is 17.2. The predicted octanol–water partition coefficient (Wildman–Crippen LogP) is 8.28. The maximum Gasteiger partial charge on any atom is -0.000708 e. The van der Waals surface area contributed by atoms with E-state index >= 15 is 0 Å². The molecule has 0 aliphatic heterocycles. The molecule has 0 saturated heterocycles. The average Bonchev–Trinajstić information content (AvgIpc) is 3.61. The lowest BCUT2D eigenvalue weighted by molar-refractivity contribution is 1.22. The number of rotatable bonds is 0. The van der Waals surface area contributed by atoms with Crippen LogP contribution >= 0.6 is 0 Å². The van der Waals surface area contributed by atoms with Crippen molar-refractivity contribution in [3.8, 4) is 44.5 Å². The average molecular weight is 445 g/mol. The van der Waals surface area contributed by atoms with E-state index in [-0.39, 0.29) is 0 Å². The summed E-state index contributed by atoms with van der Waals surface area (Å²) in [6.45, 7) is 2.31. The number of hydrogen-bond acceptors (Lipinski definition) is 0. The zero-order valence-corrected chi connectivity index (χ0v) is 19.8. The summed E-state index contributed by atoms with van der Waals surface area (Å²) >= 11 is 0. The van der Waals surface area contributed by atoms with Crippen molar-refractivity contribution in [2.24, 2.45) is 0 Å². The SMILES string of the molecule is Cc1cc2c(c3c1-c1ccccc1C3)-c1cc3c(cc1C2)-c1c(ccc2c1Cc1ccccc1-2)C3. The molecule has 4 aliphatic carbocycles. The second-order valence-corrected chi connectivity index (χ2v) is 10.9. The molecule has 0 radical (unpaired) electrons. The van der Waals surface area contributed by atoms with Crippen LogP contribution in [-0.2, 0) is 25.7 Å². The minimum atomic E-state index is 1.06. The van der Waals surface area contributed by atoms with Crippen LogP contribution in [0.5, 0.6) is 0 Å². The van der Waals surface area contributed by atoms with Gasteiger partial charge in [0.25, 0.3) is 0 Å². The highest BCUT2D eigenvalue weighted by Crippen LogP contribution is 2.53. The van der Waals surface area contributed by atoms with Crippen molar-refractivity contribution in [3.63, 3.8) is 0 Å². The predicted molar refractivity (Wildman–Crippen MR) is 144 cm³/mol. The van der Waals surface area contributed by atoms with Gasteiger partial charge in [0.1, 0.15) is 0 Å². The Kier molecular flexibility index (Phi) is 3.27. The molecule has 35 heavy (non-hydrogen) atoms. The van der Waals surface area contributed by atoms with Crippen LogP contribution in [0.3, 0.4) is 0 Å². The second-order valence-electron chi connectivity index (χ2n) is 10.9. The quantitative estimate of drug-likeness (QED) is 0.221.